The molecule has 3 amide bonds. The Balaban J connectivity index is 1.50. The molecule has 7 nitrogen and oxygen atoms in total. The zero-order valence-corrected chi connectivity index (χ0v) is 17.8. The number of esters is 1. The first-order valence-electron chi connectivity index (χ1n) is 9.78. The highest BCUT2D eigenvalue weighted by Gasteiger charge is 2.56. The molecule has 8 heteroatoms. The second-order valence-electron chi connectivity index (χ2n) is 8.78. The normalized spacial score (nSPS) is 25.8. The zero-order valence-electron chi connectivity index (χ0n) is 17.0. The number of hydrogen-bond donors (Lipinski definition) is 1. The van der Waals surface area contributed by atoms with E-state index < -0.39 is 24.1 Å². The SMILES string of the molecule is C[C@@H]1CC(C)(C)C[C@]2(C1)NC(=O)N(CC(=O)OCCOc1ccc(Cl)cc1)C2=O. The Bertz CT molecular complexity index is 795. The van der Waals surface area contributed by atoms with Crippen molar-refractivity contribution in [2.45, 2.75) is 45.6 Å². The highest BCUT2D eigenvalue weighted by molar-refractivity contribution is 6.30. The van der Waals surface area contributed by atoms with Gasteiger partial charge in [-0.15, -0.1) is 0 Å². The van der Waals surface area contributed by atoms with Crippen LogP contribution in [0.15, 0.2) is 24.3 Å². The maximum absolute atomic E-state index is 13.0. The molecular formula is C21H27ClN2O5. The molecule has 1 aromatic carbocycles. The summed E-state index contributed by atoms with van der Waals surface area (Å²) in [6.45, 7) is 6.05. The van der Waals surface area contributed by atoms with Gasteiger partial charge in [0.15, 0.2) is 0 Å². The first-order valence-corrected chi connectivity index (χ1v) is 10.2. The summed E-state index contributed by atoms with van der Waals surface area (Å²) in [7, 11) is 0. The third-order valence-corrected chi connectivity index (χ3v) is 5.59. The van der Waals surface area contributed by atoms with E-state index >= 15 is 0 Å². The molecule has 0 unspecified atom stereocenters. The van der Waals surface area contributed by atoms with Crippen molar-refractivity contribution in [1.82, 2.24) is 10.2 Å². The number of imide groups is 1. The molecule has 1 aliphatic carbocycles. The smallest absolute Gasteiger partial charge is 0.326 e. The van der Waals surface area contributed by atoms with E-state index in [1.807, 2.05) is 0 Å². The topological polar surface area (TPSA) is 84.9 Å². The van der Waals surface area contributed by atoms with E-state index in [2.05, 4.69) is 26.1 Å². The van der Waals surface area contributed by atoms with E-state index in [1.54, 1.807) is 24.3 Å². The molecule has 0 aromatic heterocycles. The van der Waals surface area contributed by atoms with Crippen LogP contribution in [-0.4, -0.2) is 48.1 Å². The molecule has 1 saturated heterocycles. The molecule has 0 radical (unpaired) electrons. The zero-order chi connectivity index (χ0) is 21.2. The van der Waals surface area contributed by atoms with Gasteiger partial charge in [0.25, 0.3) is 5.91 Å². The average molecular weight is 423 g/mol. The number of hydrogen-bond acceptors (Lipinski definition) is 5. The summed E-state index contributed by atoms with van der Waals surface area (Å²) in [5.74, 6) is -0.0692. The second-order valence-corrected chi connectivity index (χ2v) is 9.22. The minimum atomic E-state index is -0.920. The summed E-state index contributed by atoms with van der Waals surface area (Å²) in [5, 5.41) is 3.45. The molecule has 2 atom stereocenters. The van der Waals surface area contributed by atoms with Crippen molar-refractivity contribution in [3.63, 3.8) is 0 Å². The molecule has 29 heavy (non-hydrogen) atoms. The molecule has 0 bridgehead atoms. The number of nitrogens with zero attached hydrogens (tertiary/aromatic N) is 1. The highest BCUT2D eigenvalue weighted by Crippen LogP contribution is 2.46. The Morgan fingerprint density at radius 2 is 1.90 bits per heavy atom. The quantitative estimate of drug-likeness (QED) is 0.431. The standard InChI is InChI=1S/C21H27ClN2O5/c1-14-10-20(2,3)13-21(11-14)18(26)24(19(27)23-21)12-17(25)29-9-8-28-16-6-4-15(22)5-7-16/h4-7,14H,8-13H2,1-3H3,(H,23,27)/t14-,21+/m1/s1. The minimum Gasteiger partial charge on any atom is -0.490 e. The molecule has 1 aromatic rings. The number of halogens is 1. The van der Waals surface area contributed by atoms with E-state index in [1.165, 1.54) is 0 Å². The largest absolute Gasteiger partial charge is 0.490 e. The summed E-state index contributed by atoms with van der Waals surface area (Å²) in [6, 6.07) is 6.29. The molecule has 2 fully saturated rings. The third kappa shape index (κ3) is 5.01. The Kier molecular flexibility index (Phi) is 6.08. The van der Waals surface area contributed by atoms with E-state index in [4.69, 9.17) is 21.1 Å². The van der Waals surface area contributed by atoms with Crippen LogP contribution in [0.25, 0.3) is 0 Å². The number of nitrogens with one attached hydrogen (secondary N) is 1. The van der Waals surface area contributed by atoms with Crippen molar-refractivity contribution in [2.24, 2.45) is 11.3 Å². The van der Waals surface area contributed by atoms with E-state index in [-0.39, 0.29) is 24.5 Å². The van der Waals surface area contributed by atoms with Crippen LogP contribution in [0.2, 0.25) is 5.02 Å². The van der Waals surface area contributed by atoms with Gasteiger partial charge >= 0.3 is 12.0 Å². The van der Waals surface area contributed by atoms with Crippen molar-refractivity contribution < 1.29 is 23.9 Å². The molecule has 1 heterocycles. The van der Waals surface area contributed by atoms with Crippen molar-refractivity contribution in [3.05, 3.63) is 29.3 Å². The van der Waals surface area contributed by atoms with Crippen molar-refractivity contribution in [2.75, 3.05) is 19.8 Å². The summed E-state index contributed by atoms with van der Waals surface area (Å²) in [4.78, 5) is 38.5. The van der Waals surface area contributed by atoms with Gasteiger partial charge in [-0.3, -0.25) is 14.5 Å². The number of benzene rings is 1. The average Bonchev–Trinajstić information content (AvgIpc) is 2.82. The van der Waals surface area contributed by atoms with Crippen LogP contribution in [-0.2, 0) is 14.3 Å². The first-order chi connectivity index (χ1) is 13.6. The second kappa shape index (κ2) is 8.22. The Morgan fingerprint density at radius 1 is 1.21 bits per heavy atom. The van der Waals surface area contributed by atoms with Crippen LogP contribution in [0, 0.1) is 11.3 Å². The predicted molar refractivity (Wildman–Crippen MR) is 108 cm³/mol. The van der Waals surface area contributed by atoms with Gasteiger partial charge in [-0.05, 0) is 54.9 Å². The fourth-order valence-corrected chi connectivity index (χ4v) is 4.80. The highest BCUT2D eigenvalue weighted by atomic mass is 35.5. The number of rotatable bonds is 6. The molecule has 1 spiro atoms. The lowest BCUT2D eigenvalue weighted by Gasteiger charge is -2.43. The lowest BCUT2D eigenvalue weighted by Crippen LogP contribution is -2.54. The number of amides is 3. The number of carbonyl (C=O) groups is 3. The number of urea groups is 1. The molecule has 1 saturated carbocycles. The summed E-state index contributed by atoms with van der Waals surface area (Å²) < 4.78 is 10.6. The molecular weight excluding hydrogens is 396 g/mol. The number of carbonyl (C=O) groups excluding carboxylic acids is 3. The van der Waals surface area contributed by atoms with Gasteiger partial charge in [-0.2, -0.15) is 0 Å². The van der Waals surface area contributed by atoms with Crippen molar-refractivity contribution >= 4 is 29.5 Å². The van der Waals surface area contributed by atoms with Crippen LogP contribution in [0.3, 0.4) is 0 Å². The molecule has 3 rings (SSSR count). The van der Waals surface area contributed by atoms with Crippen molar-refractivity contribution in [3.8, 4) is 5.75 Å². The van der Waals surface area contributed by atoms with Crippen LogP contribution in [0.5, 0.6) is 5.75 Å². The summed E-state index contributed by atoms with van der Waals surface area (Å²) >= 11 is 5.81. The summed E-state index contributed by atoms with van der Waals surface area (Å²) in [6.07, 6.45) is 2.14. The van der Waals surface area contributed by atoms with Gasteiger partial charge in [-0.25, -0.2) is 4.79 Å². The first kappa shape index (κ1) is 21.4. The molecule has 2 aliphatic rings. The van der Waals surface area contributed by atoms with Gasteiger partial charge in [0.1, 0.15) is 31.0 Å². The minimum absolute atomic E-state index is 0.0142. The van der Waals surface area contributed by atoms with Crippen LogP contribution < -0.4 is 10.1 Å². The monoisotopic (exact) mass is 422 g/mol. The van der Waals surface area contributed by atoms with Gasteiger partial charge in [0.2, 0.25) is 0 Å². The lowest BCUT2D eigenvalue weighted by molar-refractivity contribution is -0.149. The fourth-order valence-electron chi connectivity index (χ4n) is 4.67. The van der Waals surface area contributed by atoms with Crippen LogP contribution >= 0.6 is 11.6 Å². The maximum Gasteiger partial charge on any atom is 0.326 e. The Labute approximate surface area is 175 Å². The van der Waals surface area contributed by atoms with E-state index in [9.17, 15) is 14.4 Å². The van der Waals surface area contributed by atoms with Gasteiger partial charge in [0, 0.05) is 5.02 Å². The molecule has 1 N–H and O–H groups in total. The van der Waals surface area contributed by atoms with Crippen LogP contribution in [0.4, 0.5) is 4.79 Å². The molecule has 158 valence electrons. The summed E-state index contributed by atoms with van der Waals surface area (Å²) in [5.41, 5.74) is -0.980. The third-order valence-electron chi connectivity index (χ3n) is 5.34. The Hall–Kier alpha value is -2.28. The van der Waals surface area contributed by atoms with Crippen molar-refractivity contribution in [1.29, 1.82) is 0 Å². The number of ether oxygens (including phenoxy) is 2. The fraction of sp³-hybridized carbons (Fsp3) is 0.571. The van der Waals surface area contributed by atoms with Gasteiger partial charge in [0.05, 0.1) is 0 Å². The van der Waals surface area contributed by atoms with Crippen LogP contribution in [0.1, 0.15) is 40.0 Å². The lowest BCUT2D eigenvalue weighted by atomic mass is 9.64. The maximum atomic E-state index is 13.0. The van der Waals surface area contributed by atoms with E-state index in [0.717, 1.165) is 11.3 Å². The predicted octanol–water partition coefficient (Wildman–Crippen LogP) is 3.40. The van der Waals surface area contributed by atoms with Gasteiger partial charge in [-0.1, -0.05) is 32.4 Å². The van der Waals surface area contributed by atoms with E-state index in [0.29, 0.717) is 29.5 Å². The van der Waals surface area contributed by atoms with Gasteiger partial charge < -0.3 is 14.8 Å². The molecule has 1 aliphatic heterocycles. The Morgan fingerprint density at radius 3 is 2.55 bits per heavy atom.